The Morgan fingerprint density at radius 2 is 1.43 bits per heavy atom. The Morgan fingerprint density at radius 3 is 2.14 bits per heavy atom. The van der Waals surface area contributed by atoms with E-state index < -0.39 is 0 Å². The van der Waals surface area contributed by atoms with Crippen LogP contribution in [-0.2, 0) is 0 Å². The molecule has 0 aromatic carbocycles. The zero-order valence-corrected chi connectivity index (χ0v) is 12.3. The molecule has 0 aliphatic rings. The molecule has 2 heteroatoms. The van der Waals surface area contributed by atoms with Gasteiger partial charge >= 0.3 is 0 Å². The summed E-state index contributed by atoms with van der Waals surface area (Å²) < 4.78 is 0. The van der Waals surface area contributed by atoms with Crippen molar-refractivity contribution in [3.63, 3.8) is 0 Å². The molecule has 0 saturated heterocycles. The van der Waals surface area contributed by atoms with E-state index in [0.29, 0.717) is 0 Å². The van der Waals surface area contributed by atoms with Crippen LogP contribution in [0.25, 0.3) is 0 Å². The molecule has 86 valence electrons. The second kappa shape index (κ2) is 13.9. The predicted octanol–water partition coefficient (Wildman–Crippen LogP) is 5.15. The van der Waals surface area contributed by atoms with Crippen molar-refractivity contribution in [3.8, 4) is 0 Å². The van der Waals surface area contributed by atoms with Crippen molar-refractivity contribution in [3.05, 3.63) is 0 Å². The van der Waals surface area contributed by atoms with Crippen LogP contribution in [-0.4, -0.2) is 12.3 Å². The summed E-state index contributed by atoms with van der Waals surface area (Å²) >= 11 is 0. The Balaban J connectivity index is 2.78. The summed E-state index contributed by atoms with van der Waals surface area (Å²) in [6.45, 7) is 4.59. The highest BCUT2D eigenvalue weighted by Gasteiger charge is 1.96. The number of hydrogen-bond acceptors (Lipinski definition) is 0. The fourth-order valence-electron chi connectivity index (χ4n) is 1.53. The standard InChI is InChI=1S/C12H28P2/c1-3-5-7-8-10-12-14-13-11-9-6-4-2/h13-14H,3-12H2,1-2H3/p+1. The second-order valence-electron chi connectivity index (χ2n) is 4.07. The maximum Gasteiger partial charge on any atom is 0.0569 e. The Bertz CT molecular complexity index is 82.3. The first-order valence-electron chi connectivity index (χ1n) is 6.46. The van der Waals surface area contributed by atoms with Crippen molar-refractivity contribution in [1.82, 2.24) is 0 Å². The van der Waals surface area contributed by atoms with Crippen LogP contribution < -0.4 is 0 Å². The van der Waals surface area contributed by atoms with Crippen LogP contribution in [0.3, 0.4) is 0 Å². The molecule has 2 atom stereocenters. The van der Waals surface area contributed by atoms with Crippen LogP contribution in [0.1, 0.15) is 65.2 Å². The molecule has 0 N–H and O–H groups in total. The molecule has 0 aliphatic carbocycles. The average molecular weight is 235 g/mol. The van der Waals surface area contributed by atoms with Gasteiger partial charge in [0.1, 0.15) is 0 Å². The van der Waals surface area contributed by atoms with Gasteiger partial charge in [-0.3, -0.25) is 0 Å². The van der Waals surface area contributed by atoms with Gasteiger partial charge in [-0.2, -0.15) is 0 Å². The highest BCUT2D eigenvalue weighted by molar-refractivity contribution is 8.11. The average Bonchev–Trinajstić information content (AvgIpc) is 2.21. The molecule has 0 aromatic heterocycles. The lowest BCUT2D eigenvalue weighted by molar-refractivity contribution is 0.659. The minimum absolute atomic E-state index is 0.831. The summed E-state index contributed by atoms with van der Waals surface area (Å²) in [7, 11) is 2.17. The molecular formula is C12H29P2+. The normalized spacial score (nSPS) is 12.4. The van der Waals surface area contributed by atoms with Gasteiger partial charge in [0.15, 0.2) is 0 Å². The molecule has 0 heterocycles. The van der Waals surface area contributed by atoms with E-state index in [1.807, 2.05) is 0 Å². The van der Waals surface area contributed by atoms with Crippen molar-refractivity contribution in [2.75, 3.05) is 12.3 Å². The summed E-state index contributed by atoms with van der Waals surface area (Å²) in [5.74, 6) is 0. The quantitative estimate of drug-likeness (QED) is 0.343. The van der Waals surface area contributed by atoms with Crippen LogP contribution >= 0.6 is 16.5 Å². The largest absolute Gasteiger partial charge is 0.0654 e. The van der Waals surface area contributed by atoms with Gasteiger partial charge < -0.3 is 0 Å². The Morgan fingerprint density at radius 1 is 0.786 bits per heavy atom. The van der Waals surface area contributed by atoms with Crippen LogP contribution in [0.2, 0.25) is 0 Å². The van der Waals surface area contributed by atoms with Gasteiger partial charge in [0.05, 0.1) is 6.16 Å². The topological polar surface area (TPSA) is 0 Å². The van der Waals surface area contributed by atoms with Crippen molar-refractivity contribution in [2.45, 2.75) is 65.2 Å². The predicted molar refractivity (Wildman–Crippen MR) is 76.0 cm³/mol. The summed E-state index contributed by atoms with van der Waals surface area (Å²) in [5, 5.41) is 0. The summed E-state index contributed by atoms with van der Waals surface area (Å²) in [6, 6.07) is 0. The van der Waals surface area contributed by atoms with E-state index in [-0.39, 0.29) is 0 Å². The lowest BCUT2D eigenvalue weighted by atomic mass is 10.2. The van der Waals surface area contributed by atoms with E-state index >= 15 is 0 Å². The molecule has 0 bridgehead atoms. The fraction of sp³-hybridized carbons (Fsp3) is 1.00. The summed E-state index contributed by atoms with van der Waals surface area (Å²) in [6.07, 6.45) is 14.8. The lowest BCUT2D eigenvalue weighted by Gasteiger charge is -1.97. The lowest BCUT2D eigenvalue weighted by Crippen LogP contribution is -1.79. The third kappa shape index (κ3) is 12.9. The fourth-order valence-corrected chi connectivity index (χ4v) is 5.34. The first-order valence-corrected chi connectivity index (χ1v) is 10.3. The van der Waals surface area contributed by atoms with Crippen molar-refractivity contribution < 1.29 is 0 Å². The molecule has 0 radical (unpaired) electrons. The van der Waals surface area contributed by atoms with Gasteiger partial charge in [-0.15, -0.1) is 0 Å². The van der Waals surface area contributed by atoms with Gasteiger partial charge in [-0.05, 0) is 19.0 Å². The molecule has 0 saturated carbocycles. The zero-order chi connectivity index (χ0) is 10.5. The van der Waals surface area contributed by atoms with E-state index in [9.17, 15) is 0 Å². The Labute approximate surface area is 94.5 Å². The highest BCUT2D eigenvalue weighted by Crippen LogP contribution is 2.38. The van der Waals surface area contributed by atoms with E-state index in [1.165, 1.54) is 59.6 Å². The first kappa shape index (κ1) is 14.9. The third-order valence-electron chi connectivity index (χ3n) is 2.52. The van der Waals surface area contributed by atoms with E-state index in [4.69, 9.17) is 0 Å². The maximum absolute atomic E-state index is 2.30. The number of rotatable bonds is 11. The Hall–Kier alpha value is 0.860. The maximum atomic E-state index is 2.30. The van der Waals surface area contributed by atoms with Crippen LogP contribution in [0.4, 0.5) is 0 Å². The number of hydrogen-bond donors (Lipinski definition) is 0. The van der Waals surface area contributed by atoms with Crippen molar-refractivity contribution >= 4 is 16.5 Å². The van der Waals surface area contributed by atoms with Crippen LogP contribution in [0.15, 0.2) is 0 Å². The minimum atomic E-state index is 0.831. The molecule has 0 nitrogen and oxygen atoms in total. The molecule has 14 heavy (non-hydrogen) atoms. The van der Waals surface area contributed by atoms with Crippen molar-refractivity contribution in [2.24, 2.45) is 0 Å². The van der Waals surface area contributed by atoms with Gasteiger partial charge in [0, 0.05) is 16.5 Å². The molecule has 2 unspecified atom stereocenters. The van der Waals surface area contributed by atoms with Gasteiger partial charge in [-0.1, -0.05) is 52.4 Å². The van der Waals surface area contributed by atoms with Crippen LogP contribution in [0.5, 0.6) is 0 Å². The van der Waals surface area contributed by atoms with E-state index in [2.05, 4.69) is 13.8 Å². The van der Waals surface area contributed by atoms with Gasteiger partial charge in [-0.25, -0.2) is 0 Å². The van der Waals surface area contributed by atoms with Gasteiger partial charge in [0.25, 0.3) is 0 Å². The second-order valence-corrected chi connectivity index (χ2v) is 8.41. The zero-order valence-electron chi connectivity index (χ0n) is 10.1. The van der Waals surface area contributed by atoms with Crippen LogP contribution in [0, 0.1) is 0 Å². The third-order valence-corrected chi connectivity index (χ3v) is 6.75. The molecular weight excluding hydrogens is 206 g/mol. The molecule has 0 fully saturated rings. The van der Waals surface area contributed by atoms with E-state index in [1.54, 1.807) is 12.3 Å². The van der Waals surface area contributed by atoms with E-state index in [0.717, 1.165) is 8.27 Å². The number of unbranched alkanes of at least 4 members (excludes halogenated alkanes) is 6. The highest BCUT2D eigenvalue weighted by atomic mass is 32.0. The minimum Gasteiger partial charge on any atom is -0.0654 e. The summed E-state index contributed by atoms with van der Waals surface area (Å²) in [4.78, 5) is 0. The SMILES string of the molecule is CCCCCCCP[PH2+]CCCCC. The monoisotopic (exact) mass is 235 g/mol. The first-order chi connectivity index (χ1) is 6.91. The van der Waals surface area contributed by atoms with Crippen molar-refractivity contribution in [1.29, 1.82) is 0 Å². The molecule has 0 aromatic rings. The van der Waals surface area contributed by atoms with Gasteiger partial charge in [0.2, 0.25) is 0 Å². The molecule has 0 spiro atoms. The summed E-state index contributed by atoms with van der Waals surface area (Å²) in [5.41, 5.74) is 0. The Kier molecular flexibility index (Phi) is 14.7. The molecule has 0 aliphatic heterocycles. The smallest absolute Gasteiger partial charge is 0.0569 e. The molecule has 0 amide bonds. The molecule has 0 rings (SSSR count).